The molecule has 0 fully saturated rings. The van der Waals surface area contributed by atoms with Crippen molar-refractivity contribution in [1.29, 1.82) is 0 Å². The SMILES string of the molecule is Cc1nc2ccccc2c2ccc(I)cc12. The molecule has 0 N–H and O–H groups in total. The highest BCUT2D eigenvalue weighted by Crippen LogP contribution is 2.27. The molecular formula is C14H10IN. The Morgan fingerprint density at radius 3 is 2.62 bits per heavy atom. The third-order valence-electron chi connectivity index (χ3n) is 2.85. The van der Waals surface area contributed by atoms with Crippen molar-refractivity contribution in [3.63, 3.8) is 0 Å². The van der Waals surface area contributed by atoms with Crippen molar-refractivity contribution in [2.24, 2.45) is 0 Å². The number of nitrogens with zero attached hydrogens (tertiary/aromatic N) is 1. The van der Waals surface area contributed by atoms with E-state index in [1.54, 1.807) is 0 Å². The maximum atomic E-state index is 4.64. The van der Waals surface area contributed by atoms with Crippen LogP contribution in [0.4, 0.5) is 0 Å². The standard InChI is InChI=1S/C14H10IN/c1-9-13-8-10(15)6-7-11(13)12-4-2-3-5-14(12)16-9/h2-8H,1H3. The number of pyridine rings is 1. The molecule has 0 unspecified atom stereocenters. The van der Waals surface area contributed by atoms with Gasteiger partial charge in [-0.15, -0.1) is 0 Å². The summed E-state index contributed by atoms with van der Waals surface area (Å²) in [5.41, 5.74) is 2.18. The Labute approximate surface area is 108 Å². The Balaban J connectivity index is 2.59. The topological polar surface area (TPSA) is 12.9 Å². The molecule has 0 saturated heterocycles. The summed E-state index contributed by atoms with van der Waals surface area (Å²) in [7, 11) is 0. The van der Waals surface area contributed by atoms with Gasteiger partial charge in [0.25, 0.3) is 0 Å². The molecule has 0 aliphatic carbocycles. The average Bonchev–Trinajstić information content (AvgIpc) is 2.29. The van der Waals surface area contributed by atoms with Crippen LogP contribution >= 0.6 is 22.6 Å². The van der Waals surface area contributed by atoms with Crippen LogP contribution in [0, 0.1) is 10.5 Å². The van der Waals surface area contributed by atoms with Gasteiger partial charge in [-0.3, -0.25) is 4.98 Å². The summed E-state index contributed by atoms with van der Waals surface area (Å²) in [6.45, 7) is 2.07. The fourth-order valence-corrected chi connectivity index (χ4v) is 2.58. The number of aryl methyl sites for hydroxylation is 1. The zero-order valence-corrected chi connectivity index (χ0v) is 11.0. The van der Waals surface area contributed by atoms with E-state index in [9.17, 15) is 0 Å². The first-order valence-corrected chi connectivity index (χ1v) is 6.28. The van der Waals surface area contributed by atoms with Crippen molar-refractivity contribution in [3.05, 3.63) is 51.7 Å². The van der Waals surface area contributed by atoms with Gasteiger partial charge in [0.05, 0.1) is 5.52 Å². The van der Waals surface area contributed by atoms with E-state index in [4.69, 9.17) is 0 Å². The van der Waals surface area contributed by atoms with Crippen LogP contribution in [0.25, 0.3) is 21.7 Å². The molecule has 0 bridgehead atoms. The predicted octanol–water partition coefficient (Wildman–Crippen LogP) is 4.30. The quantitative estimate of drug-likeness (QED) is 0.445. The summed E-state index contributed by atoms with van der Waals surface area (Å²) >= 11 is 2.34. The van der Waals surface area contributed by atoms with Crippen molar-refractivity contribution >= 4 is 44.3 Å². The van der Waals surface area contributed by atoms with Crippen LogP contribution in [0.3, 0.4) is 0 Å². The monoisotopic (exact) mass is 319 g/mol. The number of para-hydroxylation sites is 1. The second-order valence-electron chi connectivity index (χ2n) is 3.90. The van der Waals surface area contributed by atoms with Crippen LogP contribution in [0.5, 0.6) is 0 Å². The number of rotatable bonds is 0. The summed E-state index contributed by atoms with van der Waals surface area (Å²) in [5, 5.41) is 3.79. The second kappa shape index (κ2) is 3.70. The zero-order valence-electron chi connectivity index (χ0n) is 8.87. The summed E-state index contributed by atoms with van der Waals surface area (Å²) in [6, 6.07) is 14.8. The smallest absolute Gasteiger partial charge is 0.0711 e. The van der Waals surface area contributed by atoms with Crippen molar-refractivity contribution in [3.8, 4) is 0 Å². The molecule has 1 heterocycles. The Morgan fingerprint density at radius 1 is 0.938 bits per heavy atom. The molecule has 3 rings (SSSR count). The minimum atomic E-state index is 1.08. The van der Waals surface area contributed by atoms with Crippen LogP contribution in [-0.2, 0) is 0 Å². The van der Waals surface area contributed by atoms with Gasteiger partial charge in [-0.25, -0.2) is 0 Å². The van der Waals surface area contributed by atoms with Crippen molar-refractivity contribution in [2.45, 2.75) is 6.92 Å². The van der Waals surface area contributed by atoms with Crippen LogP contribution in [-0.4, -0.2) is 4.98 Å². The Hall–Kier alpha value is -1.16. The third-order valence-corrected chi connectivity index (χ3v) is 3.52. The van der Waals surface area contributed by atoms with Gasteiger partial charge >= 0.3 is 0 Å². The van der Waals surface area contributed by atoms with Crippen LogP contribution in [0.2, 0.25) is 0 Å². The molecule has 0 spiro atoms. The molecule has 1 aromatic heterocycles. The average molecular weight is 319 g/mol. The van der Waals surface area contributed by atoms with E-state index in [0.29, 0.717) is 0 Å². The molecule has 0 atom stereocenters. The lowest BCUT2D eigenvalue weighted by Crippen LogP contribution is -1.88. The molecule has 0 aliphatic heterocycles. The van der Waals surface area contributed by atoms with E-state index >= 15 is 0 Å². The lowest BCUT2D eigenvalue weighted by atomic mass is 10.0. The van der Waals surface area contributed by atoms with Gasteiger partial charge in [0.1, 0.15) is 0 Å². The highest BCUT2D eigenvalue weighted by Gasteiger charge is 2.04. The number of halogens is 1. The van der Waals surface area contributed by atoms with Crippen LogP contribution < -0.4 is 0 Å². The zero-order chi connectivity index (χ0) is 11.1. The molecule has 1 nitrogen and oxygen atoms in total. The van der Waals surface area contributed by atoms with Crippen molar-refractivity contribution in [2.75, 3.05) is 0 Å². The van der Waals surface area contributed by atoms with Gasteiger partial charge in [-0.05, 0) is 53.1 Å². The molecule has 3 aromatic rings. The van der Waals surface area contributed by atoms with E-state index in [2.05, 4.69) is 70.9 Å². The molecule has 2 heteroatoms. The summed E-state index contributed by atoms with van der Waals surface area (Å²) < 4.78 is 1.25. The predicted molar refractivity (Wildman–Crippen MR) is 76.7 cm³/mol. The van der Waals surface area contributed by atoms with Crippen LogP contribution in [0.15, 0.2) is 42.5 Å². The van der Waals surface area contributed by atoms with E-state index in [1.165, 1.54) is 19.7 Å². The molecule has 16 heavy (non-hydrogen) atoms. The van der Waals surface area contributed by atoms with Gasteiger partial charge in [0, 0.05) is 20.0 Å². The minimum absolute atomic E-state index is 1.08. The van der Waals surface area contributed by atoms with E-state index < -0.39 is 0 Å². The van der Waals surface area contributed by atoms with Gasteiger partial charge in [0.15, 0.2) is 0 Å². The summed E-state index contributed by atoms with van der Waals surface area (Å²) in [4.78, 5) is 4.64. The number of aromatic nitrogens is 1. The first-order valence-electron chi connectivity index (χ1n) is 5.20. The Bertz CT molecular complexity index is 689. The summed E-state index contributed by atoms with van der Waals surface area (Å²) in [6.07, 6.45) is 0. The summed E-state index contributed by atoms with van der Waals surface area (Å²) in [5.74, 6) is 0. The molecular weight excluding hydrogens is 309 g/mol. The lowest BCUT2D eigenvalue weighted by molar-refractivity contribution is 1.29. The number of hydrogen-bond donors (Lipinski definition) is 0. The maximum Gasteiger partial charge on any atom is 0.0711 e. The highest BCUT2D eigenvalue weighted by atomic mass is 127. The highest BCUT2D eigenvalue weighted by molar-refractivity contribution is 14.1. The molecule has 0 saturated carbocycles. The normalized spacial score (nSPS) is 11.1. The molecule has 2 aromatic carbocycles. The van der Waals surface area contributed by atoms with Gasteiger partial charge < -0.3 is 0 Å². The number of hydrogen-bond acceptors (Lipinski definition) is 1. The van der Waals surface area contributed by atoms with E-state index in [0.717, 1.165) is 11.2 Å². The van der Waals surface area contributed by atoms with Gasteiger partial charge in [-0.1, -0.05) is 24.3 Å². The number of fused-ring (bicyclic) bond motifs is 3. The maximum absolute atomic E-state index is 4.64. The molecule has 78 valence electrons. The Kier molecular flexibility index (Phi) is 2.32. The minimum Gasteiger partial charge on any atom is -0.252 e. The fourth-order valence-electron chi connectivity index (χ4n) is 2.09. The van der Waals surface area contributed by atoms with Gasteiger partial charge in [0.2, 0.25) is 0 Å². The molecule has 0 amide bonds. The third kappa shape index (κ3) is 1.48. The molecule has 0 aliphatic rings. The lowest BCUT2D eigenvalue weighted by Gasteiger charge is -2.06. The van der Waals surface area contributed by atoms with Crippen molar-refractivity contribution in [1.82, 2.24) is 4.98 Å². The van der Waals surface area contributed by atoms with Crippen molar-refractivity contribution < 1.29 is 0 Å². The second-order valence-corrected chi connectivity index (χ2v) is 5.15. The number of benzene rings is 2. The molecule has 0 radical (unpaired) electrons. The first kappa shape index (κ1) is 10.0. The van der Waals surface area contributed by atoms with Crippen LogP contribution in [0.1, 0.15) is 5.69 Å². The first-order chi connectivity index (χ1) is 7.75. The Morgan fingerprint density at radius 2 is 1.75 bits per heavy atom. The van der Waals surface area contributed by atoms with E-state index in [1.807, 2.05) is 6.07 Å². The van der Waals surface area contributed by atoms with E-state index in [-0.39, 0.29) is 0 Å². The van der Waals surface area contributed by atoms with Gasteiger partial charge in [-0.2, -0.15) is 0 Å². The fraction of sp³-hybridized carbons (Fsp3) is 0.0714. The largest absolute Gasteiger partial charge is 0.252 e.